The van der Waals surface area contributed by atoms with Crippen molar-refractivity contribution >= 4 is 11.6 Å². The molecule has 0 unspecified atom stereocenters. The topological polar surface area (TPSA) is 51.8 Å². The van der Waals surface area contributed by atoms with Gasteiger partial charge >= 0.3 is 0 Å². The van der Waals surface area contributed by atoms with E-state index in [2.05, 4.69) is 9.97 Å². The number of nitrogens with two attached hydrogens (primary N) is 1. The Bertz CT molecular complexity index is 283. The third kappa shape index (κ3) is 1.21. The molecule has 1 aliphatic rings. The molecule has 0 saturated heterocycles. The van der Waals surface area contributed by atoms with Gasteiger partial charge < -0.3 is 5.73 Å². The zero-order valence-corrected chi connectivity index (χ0v) is 6.67. The van der Waals surface area contributed by atoms with Crippen LogP contribution in [0.5, 0.6) is 0 Å². The number of nitrogens with zero attached hydrogens (tertiary/aromatic N) is 2. The highest BCUT2D eigenvalue weighted by molar-refractivity contribution is 6.29. The molecule has 58 valence electrons. The molecule has 0 aliphatic heterocycles. The van der Waals surface area contributed by atoms with Crippen LogP contribution in [-0.4, -0.2) is 9.97 Å². The lowest BCUT2D eigenvalue weighted by Crippen LogP contribution is -2.20. The second kappa shape index (κ2) is 2.16. The first-order chi connectivity index (χ1) is 5.21. The average Bonchev–Trinajstić information content (AvgIpc) is 2.70. The molecule has 0 atom stereocenters. The summed E-state index contributed by atoms with van der Waals surface area (Å²) in [6, 6.07) is 0. The van der Waals surface area contributed by atoms with Crippen LogP contribution in [0.3, 0.4) is 0 Å². The fourth-order valence-electron chi connectivity index (χ4n) is 0.973. The van der Waals surface area contributed by atoms with Gasteiger partial charge in [0.1, 0.15) is 5.15 Å². The first-order valence-corrected chi connectivity index (χ1v) is 3.85. The number of hydrogen-bond donors (Lipinski definition) is 1. The standard InChI is InChI=1S/C7H8ClN3/c8-6-4-10-3-5(11-6)7(9)1-2-7/h3-4H,1-2,9H2. The quantitative estimate of drug-likeness (QED) is 0.685. The van der Waals surface area contributed by atoms with E-state index < -0.39 is 0 Å². The van der Waals surface area contributed by atoms with Gasteiger partial charge in [0.15, 0.2) is 0 Å². The summed E-state index contributed by atoms with van der Waals surface area (Å²) in [6.45, 7) is 0. The maximum Gasteiger partial charge on any atom is 0.147 e. The van der Waals surface area contributed by atoms with Crippen LogP contribution < -0.4 is 5.73 Å². The lowest BCUT2D eigenvalue weighted by molar-refractivity contribution is 0.701. The largest absolute Gasteiger partial charge is 0.320 e. The van der Waals surface area contributed by atoms with Crippen LogP contribution in [0, 0.1) is 0 Å². The SMILES string of the molecule is NC1(c2cncc(Cl)n2)CC1. The van der Waals surface area contributed by atoms with Crippen molar-refractivity contribution in [2.45, 2.75) is 18.4 Å². The van der Waals surface area contributed by atoms with Crippen molar-refractivity contribution in [3.8, 4) is 0 Å². The number of halogens is 1. The molecule has 0 radical (unpaired) electrons. The third-order valence-corrected chi connectivity index (χ3v) is 2.09. The molecule has 1 aromatic heterocycles. The molecule has 0 spiro atoms. The van der Waals surface area contributed by atoms with Gasteiger partial charge in [-0.05, 0) is 12.8 Å². The van der Waals surface area contributed by atoms with Gasteiger partial charge in [-0.1, -0.05) is 11.6 Å². The van der Waals surface area contributed by atoms with Gasteiger partial charge in [-0.25, -0.2) is 4.98 Å². The van der Waals surface area contributed by atoms with Crippen molar-refractivity contribution in [2.24, 2.45) is 5.73 Å². The molecule has 2 N–H and O–H groups in total. The fourth-order valence-corrected chi connectivity index (χ4v) is 1.12. The number of hydrogen-bond acceptors (Lipinski definition) is 3. The molecular weight excluding hydrogens is 162 g/mol. The van der Waals surface area contributed by atoms with Gasteiger partial charge in [0, 0.05) is 0 Å². The highest BCUT2D eigenvalue weighted by atomic mass is 35.5. The van der Waals surface area contributed by atoms with Crippen LogP contribution in [0.2, 0.25) is 5.15 Å². The summed E-state index contributed by atoms with van der Waals surface area (Å²) >= 11 is 5.65. The van der Waals surface area contributed by atoms with E-state index in [0.29, 0.717) is 5.15 Å². The summed E-state index contributed by atoms with van der Waals surface area (Å²) in [6.07, 6.45) is 5.17. The molecule has 0 amide bonds. The van der Waals surface area contributed by atoms with Gasteiger partial charge in [0.05, 0.1) is 23.6 Å². The molecule has 2 rings (SSSR count). The molecular formula is C7H8ClN3. The predicted octanol–water partition coefficient (Wildman–Crippen LogP) is 1.08. The van der Waals surface area contributed by atoms with Crippen molar-refractivity contribution in [2.75, 3.05) is 0 Å². The van der Waals surface area contributed by atoms with Crippen LogP contribution >= 0.6 is 11.6 Å². The van der Waals surface area contributed by atoms with Crippen LogP contribution in [-0.2, 0) is 5.54 Å². The van der Waals surface area contributed by atoms with E-state index in [9.17, 15) is 0 Å². The summed E-state index contributed by atoms with van der Waals surface area (Å²) in [7, 11) is 0. The second-order valence-electron chi connectivity index (χ2n) is 2.88. The fraction of sp³-hybridized carbons (Fsp3) is 0.429. The third-order valence-electron chi connectivity index (χ3n) is 1.90. The predicted molar refractivity (Wildman–Crippen MR) is 42.1 cm³/mol. The molecule has 11 heavy (non-hydrogen) atoms. The summed E-state index contributed by atoms with van der Waals surface area (Å²) in [5.41, 5.74) is 6.46. The van der Waals surface area contributed by atoms with Crippen molar-refractivity contribution in [1.29, 1.82) is 0 Å². The van der Waals surface area contributed by atoms with E-state index in [0.717, 1.165) is 18.5 Å². The Kier molecular flexibility index (Phi) is 1.37. The summed E-state index contributed by atoms with van der Waals surface area (Å²) in [5, 5.41) is 0.416. The Hall–Kier alpha value is -0.670. The molecule has 0 bridgehead atoms. The molecule has 3 nitrogen and oxygen atoms in total. The average molecular weight is 170 g/mol. The van der Waals surface area contributed by atoms with Crippen LogP contribution in [0.1, 0.15) is 18.5 Å². The molecule has 1 saturated carbocycles. The van der Waals surface area contributed by atoms with E-state index in [4.69, 9.17) is 17.3 Å². The zero-order chi connectivity index (χ0) is 7.90. The highest BCUT2D eigenvalue weighted by Gasteiger charge is 2.41. The van der Waals surface area contributed by atoms with Crippen molar-refractivity contribution in [1.82, 2.24) is 9.97 Å². The second-order valence-corrected chi connectivity index (χ2v) is 3.27. The maximum absolute atomic E-state index is 5.88. The van der Waals surface area contributed by atoms with E-state index in [1.54, 1.807) is 6.20 Å². The van der Waals surface area contributed by atoms with Gasteiger partial charge in [0.2, 0.25) is 0 Å². The molecule has 1 aromatic rings. The van der Waals surface area contributed by atoms with E-state index >= 15 is 0 Å². The Labute approximate surface area is 69.6 Å². The lowest BCUT2D eigenvalue weighted by Gasteiger charge is -2.05. The highest BCUT2D eigenvalue weighted by Crippen LogP contribution is 2.41. The normalized spacial score (nSPS) is 19.8. The Morgan fingerprint density at radius 3 is 2.73 bits per heavy atom. The molecule has 4 heteroatoms. The first kappa shape index (κ1) is 7.00. The van der Waals surface area contributed by atoms with E-state index in [1.807, 2.05) is 0 Å². The van der Waals surface area contributed by atoms with Crippen LogP contribution in [0.25, 0.3) is 0 Å². The van der Waals surface area contributed by atoms with Gasteiger partial charge in [-0.2, -0.15) is 0 Å². The minimum atomic E-state index is -0.224. The minimum absolute atomic E-state index is 0.224. The van der Waals surface area contributed by atoms with Crippen LogP contribution in [0.15, 0.2) is 12.4 Å². The van der Waals surface area contributed by atoms with Crippen molar-refractivity contribution in [3.63, 3.8) is 0 Å². The van der Waals surface area contributed by atoms with Crippen molar-refractivity contribution < 1.29 is 0 Å². The minimum Gasteiger partial charge on any atom is -0.320 e. The Balaban J connectivity index is 2.38. The van der Waals surface area contributed by atoms with E-state index in [1.165, 1.54) is 6.20 Å². The van der Waals surface area contributed by atoms with Crippen molar-refractivity contribution in [3.05, 3.63) is 23.2 Å². The summed E-state index contributed by atoms with van der Waals surface area (Å²) < 4.78 is 0. The zero-order valence-electron chi connectivity index (χ0n) is 5.92. The summed E-state index contributed by atoms with van der Waals surface area (Å²) in [4.78, 5) is 8.00. The molecule has 0 aromatic carbocycles. The van der Waals surface area contributed by atoms with Crippen LogP contribution in [0.4, 0.5) is 0 Å². The van der Waals surface area contributed by atoms with Gasteiger partial charge in [-0.3, -0.25) is 4.98 Å². The molecule has 1 heterocycles. The molecule has 1 fully saturated rings. The first-order valence-electron chi connectivity index (χ1n) is 3.48. The summed E-state index contributed by atoms with van der Waals surface area (Å²) in [5.74, 6) is 0. The monoisotopic (exact) mass is 169 g/mol. The number of aromatic nitrogens is 2. The number of rotatable bonds is 1. The Morgan fingerprint density at radius 2 is 2.18 bits per heavy atom. The lowest BCUT2D eigenvalue weighted by atomic mass is 10.2. The Morgan fingerprint density at radius 1 is 1.45 bits per heavy atom. The van der Waals surface area contributed by atoms with E-state index in [-0.39, 0.29) is 5.54 Å². The van der Waals surface area contributed by atoms with Gasteiger partial charge in [-0.15, -0.1) is 0 Å². The van der Waals surface area contributed by atoms with Gasteiger partial charge in [0.25, 0.3) is 0 Å². The maximum atomic E-state index is 5.88. The smallest absolute Gasteiger partial charge is 0.147 e. The molecule has 1 aliphatic carbocycles.